The van der Waals surface area contributed by atoms with Crippen LogP contribution in [0.2, 0.25) is 0 Å². The van der Waals surface area contributed by atoms with E-state index in [1.165, 1.54) is 0 Å². The number of fused-ring (bicyclic) bond motifs is 1. The molecular weight excluding hydrogens is 204 g/mol. The molecule has 86 valence electrons. The summed E-state index contributed by atoms with van der Waals surface area (Å²) in [5.41, 5.74) is 7.41. The highest BCUT2D eigenvalue weighted by atomic mass is 16.2. The van der Waals surface area contributed by atoms with Crippen LogP contribution in [-0.2, 0) is 17.9 Å². The van der Waals surface area contributed by atoms with Gasteiger partial charge >= 0.3 is 0 Å². The predicted molar refractivity (Wildman–Crippen MR) is 60.2 cm³/mol. The number of hydrogen-bond donors (Lipinski definition) is 1. The molecule has 16 heavy (non-hydrogen) atoms. The molecule has 0 spiro atoms. The second-order valence-corrected chi connectivity index (χ2v) is 4.05. The SMILES string of the molecule is CCCCC(=O)N1Cc2cnc(N)nc2C1. The van der Waals surface area contributed by atoms with Gasteiger partial charge in [0.1, 0.15) is 0 Å². The number of rotatable bonds is 3. The van der Waals surface area contributed by atoms with Crippen molar-refractivity contribution in [1.29, 1.82) is 0 Å². The number of carbonyl (C=O) groups excluding carboxylic acids is 1. The maximum Gasteiger partial charge on any atom is 0.223 e. The number of amides is 1. The van der Waals surface area contributed by atoms with E-state index in [0.717, 1.165) is 24.1 Å². The van der Waals surface area contributed by atoms with Crippen molar-refractivity contribution >= 4 is 11.9 Å². The largest absolute Gasteiger partial charge is 0.368 e. The maximum atomic E-state index is 11.8. The molecule has 0 radical (unpaired) electrons. The number of carbonyl (C=O) groups is 1. The Morgan fingerprint density at radius 3 is 3.12 bits per heavy atom. The summed E-state index contributed by atoms with van der Waals surface area (Å²) in [7, 11) is 0. The Balaban J connectivity index is 2.02. The Hall–Kier alpha value is -1.65. The summed E-state index contributed by atoms with van der Waals surface area (Å²) in [6.45, 7) is 3.28. The fourth-order valence-electron chi connectivity index (χ4n) is 1.83. The summed E-state index contributed by atoms with van der Waals surface area (Å²) >= 11 is 0. The lowest BCUT2D eigenvalue weighted by molar-refractivity contribution is -0.131. The molecule has 0 saturated heterocycles. The molecule has 5 nitrogen and oxygen atoms in total. The van der Waals surface area contributed by atoms with Crippen LogP contribution in [0, 0.1) is 0 Å². The van der Waals surface area contributed by atoms with Crippen LogP contribution in [0.5, 0.6) is 0 Å². The van der Waals surface area contributed by atoms with E-state index in [-0.39, 0.29) is 11.9 Å². The zero-order valence-corrected chi connectivity index (χ0v) is 9.44. The third kappa shape index (κ3) is 2.13. The van der Waals surface area contributed by atoms with Gasteiger partial charge in [0.15, 0.2) is 0 Å². The van der Waals surface area contributed by atoms with Crippen LogP contribution in [-0.4, -0.2) is 20.8 Å². The molecule has 0 aliphatic carbocycles. The van der Waals surface area contributed by atoms with Crippen molar-refractivity contribution in [2.75, 3.05) is 5.73 Å². The van der Waals surface area contributed by atoms with Gasteiger partial charge in [0.05, 0.1) is 12.2 Å². The summed E-state index contributed by atoms with van der Waals surface area (Å²) in [4.78, 5) is 21.7. The first kappa shape index (κ1) is 10.9. The minimum atomic E-state index is 0.193. The maximum absolute atomic E-state index is 11.8. The lowest BCUT2D eigenvalue weighted by atomic mass is 10.2. The zero-order valence-electron chi connectivity index (χ0n) is 9.44. The van der Waals surface area contributed by atoms with Gasteiger partial charge < -0.3 is 10.6 Å². The van der Waals surface area contributed by atoms with Crippen LogP contribution in [0.4, 0.5) is 5.95 Å². The van der Waals surface area contributed by atoms with E-state index in [0.29, 0.717) is 19.5 Å². The molecule has 1 aromatic heterocycles. The van der Waals surface area contributed by atoms with E-state index in [4.69, 9.17) is 5.73 Å². The molecule has 2 N–H and O–H groups in total. The molecular formula is C11H16N4O. The van der Waals surface area contributed by atoms with Crippen molar-refractivity contribution in [3.63, 3.8) is 0 Å². The van der Waals surface area contributed by atoms with E-state index in [2.05, 4.69) is 16.9 Å². The molecule has 1 aliphatic rings. The zero-order chi connectivity index (χ0) is 11.5. The van der Waals surface area contributed by atoms with E-state index in [1.807, 2.05) is 4.90 Å². The van der Waals surface area contributed by atoms with Crippen molar-refractivity contribution in [3.8, 4) is 0 Å². The van der Waals surface area contributed by atoms with E-state index in [1.54, 1.807) is 6.20 Å². The lowest BCUT2D eigenvalue weighted by Crippen LogP contribution is -2.24. The number of nitrogen functional groups attached to an aromatic ring is 1. The minimum absolute atomic E-state index is 0.193. The summed E-state index contributed by atoms with van der Waals surface area (Å²) in [5, 5.41) is 0. The molecule has 2 heterocycles. The first-order valence-electron chi connectivity index (χ1n) is 5.58. The highest BCUT2D eigenvalue weighted by Gasteiger charge is 2.24. The molecule has 1 aliphatic heterocycles. The number of nitrogens with two attached hydrogens (primary N) is 1. The Morgan fingerprint density at radius 2 is 2.38 bits per heavy atom. The topological polar surface area (TPSA) is 72.1 Å². The van der Waals surface area contributed by atoms with Gasteiger partial charge in [-0.15, -0.1) is 0 Å². The Morgan fingerprint density at radius 1 is 1.56 bits per heavy atom. The average Bonchev–Trinajstić information content (AvgIpc) is 2.68. The molecule has 0 bridgehead atoms. The molecule has 0 fully saturated rings. The lowest BCUT2D eigenvalue weighted by Gasteiger charge is -2.14. The summed E-state index contributed by atoms with van der Waals surface area (Å²) in [5.74, 6) is 0.472. The van der Waals surface area contributed by atoms with Crippen LogP contribution < -0.4 is 5.73 Å². The predicted octanol–water partition coefficient (Wildman–Crippen LogP) is 1.09. The molecule has 1 amide bonds. The first-order valence-corrected chi connectivity index (χ1v) is 5.58. The van der Waals surface area contributed by atoms with Gasteiger partial charge in [0.25, 0.3) is 0 Å². The molecule has 0 unspecified atom stereocenters. The molecule has 1 aromatic rings. The molecule has 0 aromatic carbocycles. The van der Waals surface area contributed by atoms with Gasteiger partial charge in [-0.3, -0.25) is 4.79 Å². The fraction of sp³-hybridized carbons (Fsp3) is 0.545. The van der Waals surface area contributed by atoms with Crippen LogP contribution in [0.25, 0.3) is 0 Å². The number of nitrogens with zero attached hydrogens (tertiary/aromatic N) is 3. The highest BCUT2D eigenvalue weighted by molar-refractivity contribution is 5.76. The van der Waals surface area contributed by atoms with Gasteiger partial charge in [-0.1, -0.05) is 13.3 Å². The van der Waals surface area contributed by atoms with Gasteiger partial charge in [0, 0.05) is 24.7 Å². The first-order chi connectivity index (χ1) is 7.70. The Kier molecular flexibility index (Phi) is 3.03. The minimum Gasteiger partial charge on any atom is -0.368 e. The van der Waals surface area contributed by atoms with Crippen molar-refractivity contribution in [1.82, 2.24) is 14.9 Å². The summed E-state index contributed by atoms with van der Waals surface area (Å²) in [6, 6.07) is 0. The monoisotopic (exact) mass is 220 g/mol. The Bertz CT molecular complexity index is 405. The van der Waals surface area contributed by atoms with Crippen molar-refractivity contribution in [2.45, 2.75) is 39.3 Å². The second-order valence-electron chi connectivity index (χ2n) is 4.05. The third-order valence-corrected chi connectivity index (χ3v) is 2.77. The van der Waals surface area contributed by atoms with Crippen LogP contribution >= 0.6 is 0 Å². The van der Waals surface area contributed by atoms with E-state index < -0.39 is 0 Å². The number of hydrogen-bond acceptors (Lipinski definition) is 4. The van der Waals surface area contributed by atoms with Crippen LogP contribution in [0.1, 0.15) is 37.4 Å². The quantitative estimate of drug-likeness (QED) is 0.827. The van der Waals surface area contributed by atoms with Gasteiger partial charge in [-0.05, 0) is 6.42 Å². The second kappa shape index (κ2) is 4.47. The molecule has 5 heteroatoms. The van der Waals surface area contributed by atoms with Crippen LogP contribution in [0.3, 0.4) is 0 Å². The standard InChI is InChI=1S/C11H16N4O/c1-2-3-4-10(16)15-6-8-5-13-11(12)14-9(8)7-15/h5H,2-4,6-7H2,1H3,(H2,12,13,14). The number of unbranched alkanes of at least 4 members (excludes halogenated alkanes) is 1. The van der Waals surface area contributed by atoms with Crippen molar-refractivity contribution in [3.05, 3.63) is 17.5 Å². The van der Waals surface area contributed by atoms with E-state index in [9.17, 15) is 4.79 Å². The molecule has 0 saturated carbocycles. The van der Waals surface area contributed by atoms with Gasteiger partial charge in [-0.2, -0.15) is 0 Å². The smallest absolute Gasteiger partial charge is 0.223 e. The fourth-order valence-corrected chi connectivity index (χ4v) is 1.83. The summed E-state index contributed by atoms with van der Waals surface area (Å²) in [6.07, 6.45) is 4.32. The summed E-state index contributed by atoms with van der Waals surface area (Å²) < 4.78 is 0. The third-order valence-electron chi connectivity index (χ3n) is 2.77. The normalized spacial score (nSPS) is 13.9. The Labute approximate surface area is 94.7 Å². The van der Waals surface area contributed by atoms with Crippen molar-refractivity contribution < 1.29 is 4.79 Å². The van der Waals surface area contributed by atoms with Crippen LogP contribution in [0.15, 0.2) is 6.20 Å². The van der Waals surface area contributed by atoms with Gasteiger partial charge in [-0.25, -0.2) is 9.97 Å². The average molecular weight is 220 g/mol. The number of anilines is 1. The molecule has 0 atom stereocenters. The van der Waals surface area contributed by atoms with E-state index >= 15 is 0 Å². The molecule has 2 rings (SSSR count). The van der Waals surface area contributed by atoms with Gasteiger partial charge in [0.2, 0.25) is 11.9 Å². The number of aromatic nitrogens is 2. The highest BCUT2D eigenvalue weighted by Crippen LogP contribution is 2.21. The van der Waals surface area contributed by atoms with Crippen molar-refractivity contribution in [2.24, 2.45) is 0 Å².